The molecule has 0 radical (unpaired) electrons. The molecule has 0 aliphatic carbocycles. The number of carboxylic acid groups (broad SMARTS) is 1. The number of amides is 1. The minimum absolute atomic E-state index is 0.0661. The number of nitrogens with one attached hydrogen (secondary N) is 1. The third kappa shape index (κ3) is 2.42. The highest BCUT2D eigenvalue weighted by molar-refractivity contribution is 5.88. The molecular weight excluding hydrogens is 224 g/mol. The predicted molar refractivity (Wildman–Crippen MR) is 59.5 cm³/mol. The number of nitrogens with zero attached hydrogens (tertiary/aromatic N) is 1. The smallest absolute Gasteiger partial charge is 0.331 e. The number of carbonyl (C=O) groups is 2. The quantitative estimate of drug-likeness (QED) is 0.684. The number of aliphatic carboxylic acids is 1. The summed E-state index contributed by atoms with van der Waals surface area (Å²) in [6.45, 7) is 2.03. The molecule has 2 fully saturated rings. The standard InChI is InChI=1S/C11H18N2O4/c1-13-4-2-8(6-13)9(14)12-11(10(15)16)3-5-17-7-11/h8H,2-7H2,1H3,(H,12,14)(H,15,16). The fraction of sp³-hybridized carbons (Fsp3) is 0.818. The van der Waals surface area contributed by atoms with Crippen molar-refractivity contribution in [3.8, 4) is 0 Å². The maximum atomic E-state index is 12.0. The van der Waals surface area contributed by atoms with Crippen molar-refractivity contribution in [2.45, 2.75) is 18.4 Å². The molecule has 2 saturated heterocycles. The Balaban J connectivity index is 1.99. The fourth-order valence-corrected chi connectivity index (χ4v) is 2.37. The van der Waals surface area contributed by atoms with Gasteiger partial charge in [-0.05, 0) is 20.0 Å². The highest BCUT2D eigenvalue weighted by Crippen LogP contribution is 2.21. The zero-order valence-electron chi connectivity index (χ0n) is 9.94. The van der Waals surface area contributed by atoms with Crippen LogP contribution in [0.5, 0.6) is 0 Å². The Morgan fingerprint density at radius 2 is 2.29 bits per heavy atom. The van der Waals surface area contributed by atoms with Crippen LogP contribution in [0, 0.1) is 5.92 Å². The largest absolute Gasteiger partial charge is 0.479 e. The summed E-state index contributed by atoms with van der Waals surface area (Å²) in [7, 11) is 1.96. The van der Waals surface area contributed by atoms with Gasteiger partial charge in [0.2, 0.25) is 5.91 Å². The molecule has 2 aliphatic rings. The molecule has 2 aliphatic heterocycles. The van der Waals surface area contributed by atoms with Gasteiger partial charge in [-0.2, -0.15) is 0 Å². The summed E-state index contributed by atoms with van der Waals surface area (Å²) in [5.41, 5.74) is -1.21. The second kappa shape index (κ2) is 4.62. The molecule has 17 heavy (non-hydrogen) atoms. The van der Waals surface area contributed by atoms with Crippen LogP contribution in [0.4, 0.5) is 0 Å². The monoisotopic (exact) mass is 242 g/mol. The lowest BCUT2D eigenvalue weighted by Crippen LogP contribution is -2.56. The molecule has 6 heteroatoms. The summed E-state index contributed by atoms with van der Waals surface area (Å²) in [4.78, 5) is 25.3. The number of rotatable bonds is 3. The van der Waals surface area contributed by atoms with Crippen LogP contribution in [0.25, 0.3) is 0 Å². The average Bonchev–Trinajstić information content (AvgIpc) is 2.87. The van der Waals surface area contributed by atoms with E-state index >= 15 is 0 Å². The summed E-state index contributed by atoms with van der Waals surface area (Å²) in [6.07, 6.45) is 1.13. The lowest BCUT2D eigenvalue weighted by atomic mass is 9.97. The van der Waals surface area contributed by atoms with Gasteiger partial charge in [0.25, 0.3) is 0 Å². The van der Waals surface area contributed by atoms with Crippen molar-refractivity contribution in [2.24, 2.45) is 5.92 Å². The summed E-state index contributed by atoms with van der Waals surface area (Å²) in [5.74, 6) is -1.27. The first kappa shape index (κ1) is 12.3. The minimum Gasteiger partial charge on any atom is -0.479 e. The normalized spacial score (nSPS) is 33.8. The van der Waals surface area contributed by atoms with Crippen LogP contribution in [0.3, 0.4) is 0 Å². The van der Waals surface area contributed by atoms with Crippen LogP contribution in [0.15, 0.2) is 0 Å². The van der Waals surface area contributed by atoms with Crippen molar-refractivity contribution < 1.29 is 19.4 Å². The molecule has 2 atom stereocenters. The molecule has 2 heterocycles. The van der Waals surface area contributed by atoms with Crippen molar-refractivity contribution in [3.05, 3.63) is 0 Å². The van der Waals surface area contributed by atoms with Crippen LogP contribution in [-0.4, -0.2) is 60.8 Å². The van der Waals surface area contributed by atoms with Crippen molar-refractivity contribution in [1.82, 2.24) is 10.2 Å². The first-order chi connectivity index (χ1) is 8.03. The van der Waals surface area contributed by atoms with E-state index in [0.717, 1.165) is 13.0 Å². The second-order valence-electron chi connectivity index (χ2n) is 4.93. The number of hydrogen-bond donors (Lipinski definition) is 2. The van der Waals surface area contributed by atoms with E-state index in [1.165, 1.54) is 0 Å². The number of likely N-dealkylation sites (tertiary alicyclic amines) is 1. The SMILES string of the molecule is CN1CCC(C(=O)NC2(C(=O)O)CCOC2)C1. The van der Waals surface area contributed by atoms with Gasteiger partial charge in [-0.15, -0.1) is 0 Å². The molecule has 96 valence electrons. The summed E-state index contributed by atoms with van der Waals surface area (Å²) in [5, 5.41) is 11.9. The molecule has 0 spiro atoms. The van der Waals surface area contributed by atoms with E-state index in [4.69, 9.17) is 4.74 Å². The molecule has 0 bridgehead atoms. The van der Waals surface area contributed by atoms with E-state index in [1.54, 1.807) is 0 Å². The lowest BCUT2D eigenvalue weighted by molar-refractivity contribution is -0.148. The van der Waals surface area contributed by atoms with E-state index in [9.17, 15) is 14.7 Å². The molecule has 0 aromatic carbocycles. The van der Waals surface area contributed by atoms with Gasteiger partial charge >= 0.3 is 5.97 Å². The number of carboxylic acids is 1. The molecule has 1 amide bonds. The van der Waals surface area contributed by atoms with E-state index in [2.05, 4.69) is 10.2 Å². The van der Waals surface area contributed by atoms with E-state index in [-0.39, 0.29) is 18.4 Å². The van der Waals surface area contributed by atoms with Crippen LogP contribution in [0.1, 0.15) is 12.8 Å². The molecule has 2 rings (SSSR count). The Morgan fingerprint density at radius 3 is 2.76 bits per heavy atom. The third-order valence-corrected chi connectivity index (χ3v) is 3.56. The van der Waals surface area contributed by atoms with Gasteiger partial charge in [0, 0.05) is 19.6 Å². The van der Waals surface area contributed by atoms with Crippen LogP contribution in [0.2, 0.25) is 0 Å². The van der Waals surface area contributed by atoms with Gasteiger partial charge in [0.15, 0.2) is 5.54 Å². The number of hydrogen-bond acceptors (Lipinski definition) is 4. The molecular formula is C11H18N2O4. The van der Waals surface area contributed by atoms with E-state index in [0.29, 0.717) is 19.6 Å². The number of carbonyl (C=O) groups excluding carboxylic acids is 1. The highest BCUT2D eigenvalue weighted by Gasteiger charge is 2.45. The summed E-state index contributed by atoms with van der Waals surface area (Å²) in [6, 6.07) is 0. The molecule has 2 unspecified atom stereocenters. The van der Waals surface area contributed by atoms with Crippen molar-refractivity contribution in [2.75, 3.05) is 33.4 Å². The van der Waals surface area contributed by atoms with Gasteiger partial charge < -0.3 is 20.1 Å². The minimum atomic E-state index is -1.21. The van der Waals surface area contributed by atoms with Gasteiger partial charge in [-0.1, -0.05) is 0 Å². The molecule has 0 aromatic heterocycles. The van der Waals surface area contributed by atoms with Crippen LogP contribution in [-0.2, 0) is 14.3 Å². The van der Waals surface area contributed by atoms with Crippen molar-refractivity contribution in [1.29, 1.82) is 0 Å². The lowest BCUT2D eigenvalue weighted by Gasteiger charge is -2.25. The molecule has 2 N–H and O–H groups in total. The predicted octanol–water partition coefficient (Wildman–Crippen LogP) is -0.702. The average molecular weight is 242 g/mol. The Kier molecular flexibility index (Phi) is 3.35. The first-order valence-electron chi connectivity index (χ1n) is 5.85. The first-order valence-corrected chi connectivity index (χ1v) is 5.85. The van der Waals surface area contributed by atoms with Crippen LogP contribution < -0.4 is 5.32 Å². The van der Waals surface area contributed by atoms with Crippen molar-refractivity contribution >= 4 is 11.9 Å². The molecule has 6 nitrogen and oxygen atoms in total. The van der Waals surface area contributed by atoms with Gasteiger partial charge in [0.1, 0.15) is 0 Å². The summed E-state index contributed by atoms with van der Waals surface area (Å²) < 4.78 is 5.10. The fourth-order valence-electron chi connectivity index (χ4n) is 2.37. The zero-order chi connectivity index (χ0) is 12.5. The van der Waals surface area contributed by atoms with Crippen molar-refractivity contribution in [3.63, 3.8) is 0 Å². The topological polar surface area (TPSA) is 78.9 Å². The maximum Gasteiger partial charge on any atom is 0.331 e. The molecule has 0 saturated carbocycles. The third-order valence-electron chi connectivity index (χ3n) is 3.56. The van der Waals surface area contributed by atoms with Gasteiger partial charge in [-0.3, -0.25) is 4.79 Å². The number of ether oxygens (including phenoxy) is 1. The Hall–Kier alpha value is -1.14. The van der Waals surface area contributed by atoms with Gasteiger partial charge in [-0.25, -0.2) is 4.79 Å². The highest BCUT2D eigenvalue weighted by atomic mass is 16.5. The molecule has 0 aromatic rings. The Bertz CT molecular complexity index is 325. The Morgan fingerprint density at radius 1 is 1.53 bits per heavy atom. The second-order valence-corrected chi connectivity index (χ2v) is 4.93. The maximum absolute atomic E-state index is 12.0. The van der Waals surface area contributed by atoms with Crippen LogP contribution >= 0.6 is 0 Å². The van der Waals surface area contributed by atoms with E-state index in [1.807, 2.05) is 7.05 Å². The Labute approximate surface area is 99.9 Å². The van der Waals surface area contributed by atoms with Gasteiger partial charge in [0.05, 0.1) is 12.5 Å². The zero-order valence-corrected chi connectivity index (χ0v) is 9.94. The van der Waals surface area contributed by atoms with E-state index < -0.39 is 11.5 Å². The summed E-state index contributed by atoms with van der Waals surface area (Å²) >= 11 is 0.